The minimum Gasteiger partial charge on any atom is -0.508 e. The first-order chi connectivity index (χ1) is 17.8. The van der Waals surface area contributed by atoms with Gasteiger partial charge in [-0.1, -0.05) is 36.3 Å². The number of carboxylic acid groups (broad SMARTS) is 1. The molecular weight excluding hydrogens is 492 g/mol. The lowest BCUT2D eigenvalue weighted by molar-refractivity contribution is -0.138. The van der Waals surface area contributed by atoms with Gasteiger partial charge >= 0.3 is 5.97 Å². The average molecular weight is 519 g/mol. The summed E-state index contributed by atoms with van der Waals surface area (Å²) in [7, 11) is -4.11. The zero-order valence-electron chi connectivity index (χ0n) is 20.1. The van der Waals surface area contributed by atoms with E-state index in [2.05, 4.69) is 16.6 Å². The van der Waals surface area contributed by atoms with Gasteiger partial charge in [0.25, 0.3) is 0 Å². The lowest BCUT2D eigenvalue weighted by Gasteiger charge is -2.15. The molecule has 3 N–H and O–H groups in total. The summed E-state index contributed by atoms with van der Waals surface area (Å²) >= 11 is 0. The van der Waals surface area contributed by atoms with E-state index >= 15 is 0 Å². The molecule has 0 aliphatic rings. The fourth-order valence-corrected chi connectivity index (χ4v) is 5.16. The molecule has 4 aromatic rings. The molecule has 9 heteroatoms. The molecule has 0 fully saturated rings. The molecule has 0 radical (unpaired) electrons. The molecule has 4 rings (SSSR count). The van der Waals surface area contributed by atoms with Crippen LogP contribution in [0, 0.1) is 11.8 Å². The van der Waals surface area contributed by atoms with Crippen molar-refractivity contribution in [2.24, 2.45) is 0 Å². The van der Waals surface area contributed by atoms with Crippen LogP contribution in [0.15, 0.2) is 83.9 Å². The van der Waals surface area contributed by atoms with Crippen LogP contribution in [0.25, 0.3) is 10.9 Å². The number of aliphatic carboxylic acids is 1. The van der Waals surface area contributed by atoms with Gasteiger partial charge in [-0.2, -0.15) is 4.72 Å². The molecule has 0 aliphatic heterocycles. The van der Waals surface area contributed by atoms with E-state index in [1.54, 1.807) is 19.1 Å². The first-order valence-corrected chi connectivity index (χ1v) is 13.0. The Morgan fingerprint density at radius 1 is 1.05 bits per heavy atom. The number of para-hydroxylation sites is 1. The number of fused-ring (bicyclic) bond motifs is 1. The molecule has 190 valence electrons. The third-order valence-corrected chi connectivity index (χ3v) is 7.29. The van der Waals surface area contributed by atoms with Crippen LogP contribution in [-0.2, 0) is 27.8 Å². The number of aromatic nitrogens is 1. The Balaban J connectivity index is 1.56. The number of aromatic hydroxyl groups is 1. The molecule has 1 atom stereocenters. The second kappa shape index (κ2) is 11.2. The quantitative estimate of drug-likeness (QED) is 0.275. The number of sulfonamides is 1. The maximum Gasteiger partial charge on any atom is 0.322 e. The highest BCUT2D eigenvalue weighted by molar-refractivity contribution is 7.89. The standard InChI is InChI=1S/C28H26N2O6S/c1-2-3-16-36-23-12-14-24(15-13-23)37(34,35)29-26(28(32)33)17-21-19-30(27-7-5-4-6-25(21)27)18-20-8-10-22(31)11-9-20/h4-15,19,26,29,31H,16-18H2,1H3,(H,32,33)/t26-/m1/s1. The Labute approximate surface area is 215 Å². The Bertz CT molecular complexity index is 1560. The largest absolute Gasteiger partial charge is 0.508 e. The highest BCUT2D eigenvalue weighted by Crippen LogP contribution is 2.25. The van der Waals surface area contributed by atoms with Crippen molar-refractivity contribution in [3.63, 3.8) is 0 Å². The number of rotatable bonds is 10. The van der Waals surface area contributed by atoms with E-state index in [-0.39, 0.29) is 23.7 Å². The van der Waals surface area contributed by atoms with E-state index in [1.165, 1.54) is 24.3 Å². The fraction of sp³-hybridized carbons (Fsp3) is 0.179. The third-order valence-electron chi connectivity index (χ3n) is 5.80. The molecule has 8 nitrogen and oxygen atoms in total. The van der Waals surface area contributed by atoms with Crippen LogP contribution in [0.3, 0.4) is 0 Å². The second-order valence-corrected chi connectivity index (χ2v) is 10.1. The molecule has 1 heterocycles. The number of hydrogen-bond acceptors (Lipinski definition) is 5. The number of carbonyl (C=O) groups is 1. The minimum atomic E-state index is -4.11. The zero-order chi connectivity index (χ0) is 26.4. The molecule has 0 saturated carbocycles. The topological polar surface area (TPSA) is 118 Å². The van der Waals surface area contributed by atoms with Crippen molar-refractivity contribution in [3.05, 3.63) is 90.1 Å². The van der Waals surface area contributed by atoms with Crippen LogP contribution < -0.4 is 9.46 Å². The first-order valence-electron chi connectivity index (χ1n) is 11.5. The lowest BCUT2D eigenvalue weighted by Crippen LogP contribution is -2.42. The predicted octanol–water partition coefficient (Wildman–Crippen LogP) is 3.77. The van der Waals surface area contributed by atoms with Gasteiger partial charge in [-0.15, -0.1) is 5.92 Å². The van der Waals surface area contributed by atoms with Crippen LogP contribution >= 0.6 is 0 Å². The number of benzene rings is 3. The van der Waals surface area contributed by atoms with Crippen molar-refractivity contribution in [2.45, 2.75) is 30.8 Å². The SMILES string of the molecule is CC#CCOc1ccc(S(=O)(=O)N[C@H](Cc2cn(Cc3ccc(O)cc3)c3ccccc23)C(=O)O)cc1. The van der Waals surface area contributed by atoms with E-state index in [0.29, 0.717) is 17.9 Å². The van der Waals surface area contributed by atoms with Crippen molar-refractivity contribution in [1.82, 2.24) is 9.29 Å². The average Bonchev–Trinajstić information content (AvgIpc) is 3.22. The van der Waals surface area contributed by atoms with Gasteiger partial charge < -0.3 is 19.5 Å². The Kier molecular flexibility index (Phi) is 7.82. The molecule has 1 aromatic heterocycles. The molecule has 0 aliphatic carbocycles. The summed E-state index contributed by atoms with van der Waals surface area (Å²) in [6, 6.07) is 18.7. The Morgan fingerprint density at radius 3 is 2.43 bits per heavy atom. The van der Waals surface area contributed by atoms with Gasteiger partial charge in [0, 0.05) is 30.1 Å². The van der Waals surface area contributed by atoms with Crippen molar-refractivity contribution < 1.29 is 28.2 Å². The molecule has 0 saturated heterocycles. The van der Waals surface area contributed by atoms with Gasteiger partial charge in [-0.25, -0.2) is 8.42 Å². The molecular formula is C28H26N2O6S. The van der Waals surface area contributed by atoms with Gasteiger partial charge in [0.15, 0.2) is 0 Å². The van der Waals surface area contributed by atoms with Gasteiger partial charge in [-0.3, -0.25) is 4.79 Å². The molecule has 0 bridgehead atoms. The van der Waals surface area contributed by atoms with Crippen LogP contribution in [0.1, 0.15) is 18.1 Å². The summed E-state index contributed by atoms with van der Waals surface area (Å²) in [4.78, 5) is 12.0. The summed E-state index contributed by atoms with van der Waals surface area (Å²) < 4.78 is 35.7. The van der Waals surface area contributed by atoms with Gasteiger partial charge in [-0.05, 0) is 60.5 Å². The number of nitrogens with zero attached hydrogens (tertiary/aromatic N) is 1. The van der Waals surface area contributed by atoms with Gasteiger partial charge in [0.2, 0.25) is 10.0 Å². The highest BCUT2D eigenvalue weighted by Gasteiger charge is 2.27. The monoisotopic (exact) mass is 518 g/mol. The van der Waals surface area contributed by atoms with E-state index in [1.807, 2.05) is 47.2 Å². The van der Waals surface area contributed by atoms with Crippen LogP contribution in [0.2, 0.25) is 0 Å². The van der Waals surface area contributed by atoms with Crippen LogP contribution in [0.4, 0.5) is 0 Å². The van der Waals surface area contributed by atoms with Crippen LogP contribution in [-0.4, -0.2) is 41.8 Å². The maximum absolute atomic E-state index is 13.0. The number of carboxylic acids is 1. The summed E-state index contributed by atoms with van der Waals surface area (Å²) in [5, 5.41) is 20.2. The Hall–Kier alpha value is -4.26. The number of nitrogens with one attached hydrogen (secondary N) is 1. The molecule has 3 aromatic carbocycles. The number of phenolic OH excluding ortho intramolecular Hbond substituents is 1. The van der Waals surface area contributed by atoms with Crippen molar-refractivity contribution >= 4 is 26.9 Å². The summed E-state index contributed by atoms with van der Waals surface area (Å²) in [5.41, 5.74) is 2.54. The maximum atomic E-state index is 13.0. The van der Waals surface area contributed by atoms with Gasteiger partial charge in [0.1, 0.15) is 24.1 Å². The van der Waals surface area contributed by atoms with E-state index < -0.39 is 22.0 Å². The molecule has 0 amide bonds. The summed E-state index contributed by atoms with van der Waals surface area (Å²) in [6.07, 6.45) is 1.79. The van der Waals surface area contributed by atoms with E-state index in [4.69, 9.17) is 4.74 Å². The van der Waals surface area contributed by atoms with Gasteiger partial charge in [0.05, 0.1) is 4.90 Å². The molecule has 0 spiro atoms. The molecule has 37 heavy (non-hydrogen) atoms. The normalized spacial score (nSPS) is 12.0. The summed E-state index contributed by atoms with van der Waals surface area (Å²) in [6.45, 7) is 2.38. The van der Waals surface area contributed by atoms with Crippen molar-refractivity contribution in [2.75, 3.05) is 6.61 Å². The van der Waals surface area contributed by atoms with Crippen molar-refractivity contribution in [1.29, 1.82) is 0 Å². The molecule has 0 unspecified atom stereocenters. The number of hydrogen-bond donors (Lipinski definition) is 3. The first kappa shape index (κ1) is 25.8. The minimum absolute atomic E-state index is 0.0471. The summed E-state index contributed by atoms with van der Waals surface area (Å²) in [5.74, 6) is 4.81. The van der Waals surface area contributed by atoms with E-state index in [0.717, 1.165) is 16.5 Å². The lowest BCUT2D eigenvalue weighted by atomic mass is 10.1. The number of ether oxygens (including phenoxy) is 1. The smallest absolute Gasteiger partial charge is 0.322 e. The van der Waals surface area contributed by atoms with E-state index in [9.17, 15) is 23.4 Å². The Morgan fingerprint density at radius 2 is 1.76 bits per heavy atom. The second-order valence-electron chi connectivity index (χ2n) is 8.37. The third kappa shape index (κ3) is 6.30. The number of phenols is 1. The van der Waals surface area contributed by atoms with Crippen molar-refractivity contribution in [3.8, 4) is 23.3 Å². The fourth-order valence-electron chi connectivity index (χ4n) is 3.98. The predicted molar refractivity (Wildman–Crippen MR) is 140 cm³/mol. The highest BCUT2D eigenvalue weighted by atomic mass is 32.2. The zero-order valence-corrected chi connectivity index (χ0v) is 20.9. The van der Waals surface area contributed by atoms with Crippen LogP contribution in [0.5, 0.6) is 11.5 Å².